The fourth-order valence-corrected chi connectivity index (χ4v) is 3.71. The largest absolute Gasteiger partial charge is 0.299 e. The molecule has 0 radical (unpaired) electrons. The van der Waals surface area contributed by atoms with Crippen molar-refractivity contribution >= 4 is 5.78 Å². The number of ketones is 1. The highest BCUT2D eigenvalue weighted by Crippen LogP contribution is 2.72. The first kappa shape index (κ1) is 6.22. The van der Waals surface area contributed by atoms with Crippen LogP contribution in [0, 0.1) is 29.1 Å². The van der Waals surface area contributed by atoms with E-state index >= 15 is 0 Å². The molecule has 0 aromatic heterocycles. The number of hydrogen-bond acceptors (Lipinski definition) is 1. The second-order valence-corrected chi connectivity index (χ2v) is 5.04. The molecule has 0 saturated heterocycles. The van der Waals surface area contributed by atoms with Gasteiger partial charge in [0.05, 0.1) is 0 Å². The highest BCUT2D eigenvalue weighted by Gasteiger charge is 2.72. The molecule has 0 aromatic rings. The van der Waals surface area contributed by atoms with E-state index in [1.165, 1.54) is 12.8 Å². The molecule has 0 spiro atoms. The summed E-state index contributed by atoms with van der Waals surface area (Å²) in [6.45, 7) is 4.29. The number of carbonyl (C=O) groups excluding carboxylic acids is 1. The number of hydrogen-bond donors (Lipinski definition) is 0. The van der Waals surface area contributed by atoms with Gasteiger partial charge in [-0.1, -0.05) is 13.8 Å². The lowest BCUT2D eigenvalue weighted by Gasteiger charge is -2.24. The second-order valence-electron chi connectivity index (χ2n) is 5.04. The van der Waals surface area contributed by atoms with Gasteiger partial charge in [0.2, 0.25) is 0 Å². The van der Waals surface area contributed by atoms with E-state index in [1.807, 2.05) is 0 Å². The Morgan fingerprint density at radius 2 is 2.09 bits per heavy atom. The van der Waals surface area contributed by atoms with Crippen LogP contribution < -0.4 is 0 Å². The molecule has 0 heterocycles. The van der Waals surface area contributed by atoms with Gasteiger partial charge in [0.1, 0.15) is 5.78 Å². The molecule has 3 rings (SSSR count). The van der Waals surface area contributed by atoms with Crippen LogP contribution >= 0.6 is 0 Å². The van der Waals surface area contributed by atoms with Gasteiger partial charge in [-0.25, -0.2) is 0 Å². The molecule has 1 heteroatoms. The minimum absolute atomic E-state index is 0.0440. The zero-order valence-corrected chi connectivity index (χ0v) is 7.13. The molecule has 0 aliphatic heterocycles. The summed E-state index contributed by atoms with van der Waals surface area (Å²) in [6, 6.07) is 0. The minimum atomic E-state index is 0.0440. The maximum absolute atomic E-state index is 11.7. The predicted molar refractivity (Wildman–Crippen MR) is 42.0 cm³/mol. The zero-order valence-electron chi connectivity index (χ0n) is 7.13. The first-order valence-corrected chi connectivity index (χ1v) is 4.68. The normalized spacial score (nSPS) is 56.4. The van der Waals surface area contributed by atoms with Crippen LogP contribution in [-0.2, 0) is 4.79 Å². The van der Waals surface area contributed by atoms with Gasteiger partial charge in [-0.15, -0.1) is 0 Å². The van der Waals surface area contributed by atoms with Crippen molar-refractivity contribution in [2.24, 2.45) is 29.1 Å². The summed E-state index contributed by atoms with van der Waals surface area (Å²) in [7, 11) is 0. The summed E-state index contributed by atoms with van der Waals surface area (Å²) in [5.41, 5.74) is 0.0440. The number of fused-ring (bicyclic) bond motifs is 1. The third-order valence-electron chi connectivity index (χ3n) is 4.37. The van der Waals surface area contributed by atoms with Crippen LogP contribution in [0.3, 0.4) is 0 Å². The first-order valence-electron chi connectivity index (χ1n) is 4.68. The topological polar surface area (TPSA) is 17.1 Å². The van der Waals surface area contributed by atoms with Crippen molar-refractivity contribution in [3.05, 3.63) is 0 Å². The Labute approximate surface area is 67.2 Å². The van der Waals surface area contributed by atoms with E-state index in [1.54, 1.807) is 0 Å². The average molecular weight is 150 g/mol. The molecule has 3 fully saturated rings. The lowest BCUT2D eigenvalue weighted by molar-refractivity contribution is -0.127. The molecule has 60 valence electrons. The molecule has 3 aliphatic rings. The van der Waals surface area contributed by atoms with Gasteiger partial charge in [0, 0.05) is 11.3 Å². The smallest absolute Gasteiger partial charge is 0.142 e. The van der Waals surface area contributed by atoms with E-state index in [4.69, 9.17) is 0 Å². The van der Waals surface area contributed by atoms with Crippen LogP contribution in [0.2, 0.25) is 0 Å². The maximum Gasteiger partial charge on any atom is 0.142 e. The summed E-state index contributed by atoms with van der Waals surface area (Å²) in [5.74, 6) is 3.52. The Hall–Kier alpha value is -0.330. The standard InChI is InChI=1S/C10H14O/c1-10(2)6-4-3-5-7(6)8(5)9(10)11/h5-8H,3-4H2,1-2H3. The molecule has 3 saturated carbocycles. The predicted octanol–water partition coefficient (Wildman–Crippen LogP) is 1.87. The van der Waals surface area contributed by atoms with E-state index in [-0.39, 0.29) is 5.41 Å². The van der Waals surface area contributed by atoms with Crippen LogP contribution in [0.15, 0.2) is 0 Å². The Balaban J connectivity index is 2.08. The van der Waals surface area contributed by atoms with Gasteiger partial charge >= 0.3 is 0 Å². The van der Waals surface area contributed by atoms with E-state index < -0.39 is 0 Å². The Morgan fingerprint density at radius 1 is 1.36 bits per heavy atom. The minimum Gasteiger partial charge on any atom is -0.299 e. The molecule has 0 N–H and O–H groups in total. The van der Waals surface area contributed by atoms with Crippen LogP contribution in [0.1, 0.15) is 26.7 Å². The van der Waals surface area contributed by atoms with Gasteiger partial charge in [-0.2, -0.15) is 0 Å². The van der Waals surface area contributed by atoms with Crippen LogP contribution in [0.25, 0.3) is 0 Å². The molecule has 1 nitrogen and oxygen atoms in total. The van der Waals surface area contributed by atoms with E-state index in [2.05, 4.69) is 13.8 Å². The highest BCUT2D eigenvalue weighted by molar-refractivity contribution is 5.93. The van der Waals surface area contributed by atoms with Crippen LogP contribution in [-0.4, -0.2) is 5.78 Å². The molecular formula is C10H14O. The van der Waals surface area contributed by atoms with Gasteiger partial charge in [0.15, 0.2) is 0 Å². The summed E-state index contributed by atoms with van der Waals surface area (Å²) in [4.78, 5) is 11.7. The fourth-order valence-electron chi connectivity index (χ4n) is 3.71. The average Bonchev–Trinajstić information content (AvgIpc) is 2.42. The first-order chi connectivity index (χ1) is 5.14. The third-order valence-corrected chi connectivity index (χ3v) is 4.37. The molecule has 4 unspecified atom stereocenters. The Morgan fingerprint density at radius 3 is 2.64 bits per heavy atom. The molecule has 11 heavy (non-hydrogen) atoms. The fraction of sp³-hybridized carbons (Fsp3) is 0.900. The summed E-state index contributed by atoms with van der Waals surface area (Å²) >= 11 is 0. The van der Waals surface area contributed by atoms with Crippen molar-refractivity contribution in [2.45, 2.75) is 26.7 Å². The molecule has 0 aromatic carbocycles. The number of carbonyl (C=O) groups is 1. The van der Waals surface area contributed by atoms with Gasteiger partial charge in [-0.05, 0) is 30.6 Å². The van der Waals surface area contributed by atoms with Gasteiger partial charge in [0.25, 0.3) is 0 Å². The Kier molecular flexibility index (Phi) is 0.799. The number of rotatable bonds is 0. The quantitative estimate of drug-likeness (QED) is 0.515. The summed E-state index contributed by atoms with van der Waals surface area (Å²) in [6.07, 6.45) is 2.67. The zero-order chi connectivity index (χ0) is 7.80. The van der Waals surface area contributed by atoms with Crippen molar-refractivity contribution < 1.29 is 4.79 Å². The van der Waals surface area contributed by atoms with Crippen molar-refractivity contribution in [1.29, 1.82) is 0 Å². The second kappa shape index (κ2) is 1.41. The van der Waals surface area contributed by atoms with E-state index in [0.717, 1.165) is 17.8 Å². The highest BCUT2D eigenvalue weighted by atomic mass is 16.1. The van der Waals surface area contributed by atoms with Crippen molar-refractivity contribution in [2.75, 3.05) is 0 Å². The molecule has 4 atom stereocenters. The third kappa shape index (κ3) is 0.473. The lowest BCUT2D eigenvalue weighted by Crippen LogP contribution is -2.27. The van der Waals surface area contributed by atoms with Crippen molar-refractivity contribution in [1.82, 2.24) is 0 Å². The molecule has 3 aliphatic carbocycles. The van der Waals surface area contributed by atoms with Crippen LogP contribution in [0.4, 0.5) is 0 Å². The van der Waals surface area contributed by atoms with Gasteiger partial charge in [-0.3, -0.25) is 4.79 Å². The Bertz CT molecular complexity index is 241. The summed E-state index contributed by atoms with van der Waals surface area (Å²) < 4.78 is 0. The number of Topliss-reactive ketones (excluding diaryl/α,β-unsaturated/α-hetero) is 1. The van der Waals surface area contributed by atoms with E-state index in [9.17, 15) is 4.79 Å². The van der Waals surface area contributed by atoms with Gasteiger partial charge < -0.3 is 0 Å². The van der Waals surface area contributed by atoms with Crippen LogP contribution in [0.5, 0.6) is 0 Å². The maximum atomic E-state index is 11.7. The summed E-state index contributed by atoms with van der Waals surface area (Å²) in [5, 5.41) is 0. The molecular weight excluding hydrogens is 136 g/mol. The lowest BCUT2D eigenvalue weighted by atomic mass is 9.78. The molecule has 0 bridgehead atoms. The SMILES string of the molecule is CC1(C)C(=O)C2C3CCC1C32. The molecule has 0 amide bonds. The van der Waals surface area contributed by atoms with E-state index in [0.29, 0.717) is 11.7 Å². The van der Waals surface area contributed by atoms with Crippen molar-refractivity contribution in [3.8, 4) is 0 Å². The monoisotopic (exact) mass is 150 g/mol. The van der Waals surface area contributed by atoms with Crippen molar-refractivity contribution in [3.63, 3.8) is 0 Å².